The lowest BCUT2D eigenvalue weighted by atomic mass is 10.1. The van der Waals surface area contributed by atoms with Crippen LogP contribution in [0.4, 0.5) is 10.5 Å². The molecule has 1 aliphatic heterocycles. The number of halogens is 4. The Morgan fingerprint density at radius 2 is 1.80 bits per heavy atom. The highest BCUT2D eigenvalue weighted by Gasteiger charge is 2.36. The van der Waals surface area contributed by atoms with E-state index in [1.807, 2.05) is 19.9 Å². The zero-order valence-corrected chi connectivity index (χ0v) is 25.9. The minimum atomic E-state index is -0.568. The number of amides is 3. The third kappa shape index (κ3) is 7.33. The standard InChI is InChI=1S/C28H22BrCl3N2O5S/c1-3-38-23-10-17(8-19(29)26(23)39-14-16-5-7-20(30)22(32)9-16)11-24-27(36)34(28(37)40-24)13-25(35)33-18-6-4-15(2)21(31)12-18/h4-12H,3,13-14H2,1-2H3,(H,33,35)/b24-11+. The quantitative estimate of drug-likeness (QED) is 0.228. The van der Waals surface area contributed by atoms with Crippen LogP contribution >= 0.6 is 62.5 Å². The molecule has 1 saturated heterocycles. The van der Waals surface area contributed by atoms with E-state index < -0.39 is 23.6 Å². The van der Waals surface area contributed by atoms with Crippen molar-refractivity contribution in [2.24, 2.45) is 0 Å². The third-order valence-corrected chi connectivity index (χ3v) is 8.27. The van der Waals surface area contributed by atoms with Gasteiger partial charge in [0.05, 0.1) is 26.0 Å². The molecule has 208 valence electrons. The zero-order chi connectivity index (χ0) is 29.0. The minimum Gasteiger partial charge on any atom is -0.490 e. The van der Waals surface area contributed by atoms with Crippen molar-refractivity contribution in [2.45, 2.75) is 20.5 Å². The lowest BCUT2D eigenvalue weighted by Crippen LogP contribution is -2.36. The summed E-state index contributed by atoms with van der Waals surface area (Å²) < 4.78 is 12.4. The monoisotopic (exact) mass is 682 g/mol. The van der Waals surface area contributed by atoms with E-state index in [-0.39, 0.29) is 11.5 Å². The van der Waals surface area contributed by atoms with E-state index in [4.69, 9.17) is 44.3 Å². The van der Waals surface area contributed by atoms with Gasteiger partial charge < -0.3 is 14.8 Å². The molecular formula is C28H22BrCl3N2O5S. The summed E-state index contributed by atoms with van der Waals surface area (Å²) in [6, 6.07) is 13.7. The summed E-state index contributed by atoms with van der Waals surface area (Å²) in [6.45, 7) is 3.84. The smallest absolute Gasteiger partial charge is 0.294 e. The van der Waals surface area contributed by atoms with Gasteiger partial charge in [0.25, 0.3) is 11.1 Å². The molecule has 3 aromatic rings. The molecule has 0 radical (unpaired) electrons. The number of hydrogen-bond acceptors (Lipinski definition) is 6. The molecule has 0 atom stereocenters. The second-order valence-electron chi connectivity index (χ2n) is 8.58. The summed E-state index contributed by atoms with van der Waals surface area (Å²) in [5.74, 6) is -0.181. The first-order valence-electron chi connectivity index (χ1n) is 11.9. The Hall–Kier alpha value is -2.69. The number of thioether (sulfide) groups is 1. The fourth-order valence-electron chi connectivity index (χ4n) is 3.66. The van der Waals surface area contributed by atoms with Gasteiger partial charge in [-0.2, -0.15) is 0 Å². The molecule has 1 aliphatic rings. The van der Waals surface area contributed by atoms with E-state index in [1.54, 1.807) is 48.5 Å². The predicted octanol–water partition coefficient (Wildman–Crippen LogP) is 8.37. The lowest BCUT2D eigenvalue weighted by Gasteiger charge is -2.15. The maximum absolute atomic E-state index is 13.0. The second kappa shape index (κ2) is 13.3. The molecule has 40 heavy (non-hydrogen) atoms. The van der Waals surface area contributed by atoms with Crippen LogP contribution in [-0.4, -0.2) is 35.1 Å². The Labute approximate surface area is 258 Å². The second-order valence-corrected chi connectivity index (χ2v) is 11.6. The van der Waals surface area contributed by atoms with Crippen LogP contribution in [0.1, 0.15) is 23.6 Å². The van der Waals surface area contributed by atoms with E-state index in [2.05, 4.69) is 21.2 Å². The predicted molar refractivity (Wildman–Crippen MR) is 164 cm³/mol. The number of carbonyl (C=O) groups excluding carboxylic acids is 3. The molecule has 0 bridgehead atoms. The summed E-state index contributed by atoms with van der Waals surface area (Å²) in [5.41, 5.74) is 2.75. The van der Waals surface area contributed by atoms with E-state index in [0.29, 0.717) is 48.9 Å². The van der Waals surface area contributed by atoms with Gasteiger partial charge in [-0.3, -0.25) is 19.3 Å². The van der Waals surface area contributed by atoms with Crippen LogP contribution in [0.15, 0.2) is 57.9 Å². The first kappa shape index (κ1) is 30.3. The Balaban J connectivity index is 1.48. The number of rotatable bonds is 9. The number of nitrogens with one attached hydrogen (secondary N) is 1. The van der Waals surface area contributed by atoms with Crippen LogP contribution in [0.5, 0.6) is 11.5 Å². The summed E-state index contributed by atoms with van der Waals surface area (Å²) in [4.78, 5) is 39.2. The van der Waals surface area contributed by atoms with Crippen LogP contribution in [0, 0.1) is 6.92 Å². The maximum Gasteiger partial charge on any atom is 0.294 e. The van der Waals surface area contributed by atoms with Crippen molar-refractivity contribution < 1.29 is 23.9 Å². The largest absolute Gasteiger partial charge is 0.490 e. The fourth-order valence-corrected chi connectivity index (χ4v) is 5.58. The number of nitrogens with zero attached hydrogens (tertiary/aromatic N) is 1. The molecule has 1 heterocycles. The van der Waals surface area contributed by atoms with Gasteiger partial charge in [0, 0.05) is 10.7 Å². The van der Waals surface area contributed by atoms with Gasteiger partial charge in [0.15, 0.2) is 11.5 Å². The molecule has 0 aliphatic carbocycles. The number of imide groups is 1. The van der Waals surface area contributed by atoms with Crippen LogP contribution in [0.3, 0.4) is 0 Å². The number of hydrogen-bond donors (Lipinski definition) is 1. The summed E-state index contributed by atoms with van der Waals surface area (Å²) >= 11 is 22.5. The highest BCUT2D eigenvalue weighted by molar-refractivity contribution is 9.10. The Morgan fingerprint density at radius 3 is 2.50 bits per heavy atom. The number of carbonyl (C=O) groups is 3. The van der Waals surface area contributed by atoms with Gasteiger partial charge in [0.2, 0.25) is 5.91 Å². The first-order valence-corrected chi connectivity index (χ1v) is 14.6. The Morgan fingerprint density at radius 1 is 1.02 bits per heavy atom. The van der Waals surface area contributed by atoms with Crippen molar-refractivity contribution >= 4 is 91.3 Å². The van der Waals surface area contributed by atoms with Gasteiger partial charge in [-0.15, -0.1) is 0 Å². The van der Waals surface area contributed by atoms with Crippen molar-refractivity contribution in [3.8, 4) is 11.5 Å². The van der Waals surface area contributed by atoms with E-state index in [9.17, 15) is 14.4 Å². The summed E-state index contributed by atoms with van der Waals surface area (Å²) in [6.07, 6.45) is 1.57. The topological polar surface area (TPSA) is 84.9 Å². The van der Waals surface area contributed by atoms with Gasteiger partial charge in [-0.25, -0.2) is 0 Å². The number of benzene rings is 3. The molecular weight excluding hydrogens is 663 g/mol. The summed E-state index contributed by atoms with van der Waals surface area (Å²) in [5, 5.41) is 3.49. The third-order valence-electron chi connectivity index (χ3n) is 5.63. The van der Waals surface area contributed by atoms with Crippen LogP contribution in [-0.2, 0) is 16.2 Å². The highest BCUT2D eigenvalue weighted by Crippen LogP contribution is 2.40. The van der Waals surface area contributed by atoms with E-state index in [0.717, 1.165) is 27.8 Å². The van der Waals surface area contributed by atoms with Crippen LogP contribution in [0.2, 0.25) is 15.1 Å². The van der Waals surface area contributed by atoms with Gasteiger partial charge >= 0.3 is 0 Å². The number of anilines is 1. The average Bonchev–Trinajstić information content (AvgIpc) is 3.15. The first-order chi connectivity index (χ1) is 19.0. The van der Waals surface area contributed by atoms with Crippen molar-refractivity contribution in [2.75, 3.05) is 18.5 Å². The van der Waals surface area contributed by atoms with Gasteiger partial charge in [-0.05, 0) is 101 Å². The van der Waals surface area contributed by atoms with Gasteiger partial charge in [-0.1, -0.05) is 46.9 Å². The molecule has 12 heteroatoms. The zero-order valence-electron chi connectivity index (χ0n) is 21.2. The number of aryl methyl sites for hydroxylation is 1. The van der Waals surface area contributed by atoms with Crippen molar-refractivity contribution in [3.63, 3.8) is 0 Å². The molecule has 1 N–H and O–H groups in total. The van der Waals surface area contributed by atoms with E-state index in [1.165, 1.54) is 0 Å². The minimum absolute atomic E-state index is 0.176. The van der Waals surface area contributed by atoms with Crippen LogP contribution < -0.4 is 14.8 Å². The van der Waals surface area contributed by atoms with E-state index >= 15 is 0 Å². The van der Waals surface area contributed by atoms with Crippen molar-refractivity contribution in [3.05, 3.63) is 89.7 Å². The Kier molecular flexibility index (Phi) is 10.1. The Bertz CT molecular complexity index is 1530. The molecule has 1 fully saturated rings. The molecule has 0 aromatic heterocycles. The normalized spacial score (nSPS) is 14.2. The molecule has 3 aromatic carbocycles. The molecule has 7 nitrogen and oxygen atoms in total. The molecule has 0 unspecified atom stereocenters. The maximum atomic E-state index is 13.0. The fraction of sp³-hybridized carbons (Fsp3) is 0.179. The van der Waals surface area contributed by atoms with Crippen LogP contribution in [0.25, 0.3) is 6.08 Å². The lowest BCUT2D eigenvalue weighted by molar-refractivity contribution is -0.127. The highest BCUT2D eigenvalue weighted by atomic mass is 79.9. The summed E-state index contributed by atoms with van der Waals surface area (Å²) in [7, 11) is 0. The van der Waals surface area contributed by atoms with Gasteiger partial charge in [0.1, 0.15) is 13.2 Å². The SMILES string of the molecule is CCOc1cc(/C=C2/SC(=O)N(CC(=O)Nc3ccc(C)c(Cl)c3)C2=O)cc(Br)c1OCc1ccc(Cl)c(Cl)c1. The van der Waals surface area contributed by atoms with Crippen molar-refractivity contribution in [1.82, 2.24) is 4.90 Å². The molecule has 0 spiro atoms. The average molecular weight is 685 g/mol. The molecule has 0 saturated carbocycles. The number of ether oxygens (including phenoxy) is 2. The van der Waals surface area contributed by atoms with Crippen molar-refractivity contribution in [1.29, 1.82) is 0 Å². The molecule has 3 amide bonds. The molecule has 4 rings (SSSR count).